The van der Waals surface area contributed by atoms with E-state index in [1.807, 2.05) is 12.1 Å². The lowest BCUT2D eigenvalue weighted by molar-refractivity contribution is 0.405. The molecule has 3 heteroatoms. The molecule has 14 heavy (non-hydrogen) atoms. The third-order valence-electron chi connectivity index (χ3n) is 2.72. The number of nitrogens with one attached hydrogen (secondary N) is 1. The van der Waals surface area contributed by atoms with Crippen molar-refractivity contribution in [2.75, 3.05) is 19.4 Å². The number of hydrogen-bond donors (Lipinski definition) is 2. The first-order chi connectivity index (χ1) is 6.83. The Kier molecular flexibility index (Phi) is 2.59. The third-order valence-corrected chi connectivity index (χ3v) is 2.72. The summed E-state index contributed by atoms with van der Waals surface area (Å²) in [6.45, 7) is 1.09. The average Bonchev–Trinajstić information content (AvgIpc) is 2.70. The fraction of sp³-hybridized carbons (Fsp3) is 0.455. The smallest absolute Gasteiger partial charge is 0.146 e. The van der Waals surface area contributed by atoms with E-state index < -0.39 is 0 Å². The molecule has 1 aromatic rings. The zero-order valence-electron chi connectivity index (χ0n) is 8.42. The SMILES string of the molecule is COc1c(N)cccc1C1CCCN1. The number of rotatable bonds is 2. The van der Waals surface area contributed by atoms with Gasteiger partial charge in [-0.3, -0.25) is 0 Å². The first-order valence-corrected chi connectivity index (χ1v) is 4.98. The van der Waals surface area contributed by atoms with Crippen LogP contribution in [0.25, 0.3) is 0 Å². The first kappa shape index (κ1) is 9.34. The van der Waals surface area contributed by atoms with Crippen molar-refractivity contribution in [3.8, 4) is 5.75 Å². The number of methoxy groups -OCH3 is 1. The third kappa shape index (κ3) is 1.55. The molecule has 1 unspecified atom stereocenters. The Morgan fingerprint density at radius 1 is 1.50 bits per heavy atom. The van der Waals surface area contributed by atoms with Gasteiger partial charge in [0.2, 0.25) is 0 Å². The van der Waals surface area contributed by atoms with Crippen molar-refractivity contribution in [1.29, 1.82) is 0 Å². The highest BCUT2D eigenvalue weighted by Crippen LogP contribution is 2.34. The molecule has 3 nitrogen and oxygen atoms in total. The Morgan fingerprint density at radius 3 is 3.00 bits per heavy atom. The van der Waals surface area contributed by atoms with Crippen LogP contribution in [0.5, 0.6) is 5.75 Å². The van der Waals surface area contributed by atoms with Crippen molar-refractivity contribution in [1.82, 2.24) is 5.32 Å². The molecule has 0 bridgehead atoms. The topological polar surface area (TPSA) is 47.3 Å². The van der Waals surface area contributed by atoms with Gasteiger partial charge in [-0.1, -0.05) is 12.1 Å². The van der Waals surface area contributed by atoms with Crippen molar-refractivity contribution in [2.24, 2.45) is 0 Å². The molecule has 1 aromatic carbocycles. The molecule has 3 N–H and O–H groups in total. The maximum absolute atomic E-state index is 5.85. The number of nitrogens with two attached hydrogens (primary N) is 1. The van der Waals surface area contributed by atoms with Gasteiger partial charge in [-0.15, -0.1) is 0 Å². The van der Waals surface area contributed by atoms with Crippen LogP contribution in [-0.2, 0) is 0 Å². The van der Waals surface area contributed by atoms with Crippen molar-refractivity contribution < 1.29 is 4.74 Å². The summed E-state index contributed by atoms with van der Waals surface area (Å²) in [7, 11) is 1.67. The van der Waals surface area contributed by atoms with E-state index in [9.17, 15) is 0 Å². The molecule has 1 aliphatic heterocycles. The standard InChI is InChI=1S/C11H16N2O/c1-14-11-8(4-2-5-9(11)12)10-6-3-7-13-10/h2,4-5,10,13H,3,6-7,12H2,1H3. The van der Waals surface area contributed by atoms with E-state index in [1.165, 1.54) is 18.4 Å². The van der Waals surface area contributed by atoms with Gasteiger partial charge in [-0.05, 0) is 25.5 Å². The minimum Gasteiger partial charge on any atom is -0.494 e. The second-order valence-electron chi connectivity index (χ2n) is 3.62. The molecule has 0 spiro atoms. The monoisotopic (exact) mass is 192 g/mol. The molecule has 0 aliphatic carbocycles. The number of nitrogen functional groups attached to an aromatic ring is 1. The van der Waals surface area contributed by atoms with Crippen LogP contribution < -0.4 is 15.8 Å². The summed E-state index contributed by atoms with van der Waals surface area (Å²) >= 11 is 0. The molecule has 1 fully saturated rings. The maximum Gasteiger partial charge on any atom is 0.146 e. The molecule has 1 atom stereocenters. The fourth-order valence-electron chi connectivity index (χ4n) is 2.03. The zero-order valence-corrected chi connectivity index (χ0v) is 8.42. The molecule has 0 radical (unpaired) electrons. The van der Waals surface area contributed by atoms with Crippen molar-refractivity contribution >= 4 is 5.69 Å². The molecule has 0 saturated carbocycles. The normalized spacial score (nSPS) is 21.1. The second-order valence-corrected chi connectivity index (χ2v) is 3.62. The van der Waals surface area contributed by atoms with Gasteiger partial charge in [0.15, 0.2) is 0 Å². The summed E-state index contributed by atoms with van der Waals surface area (Å²) in [5.74, 6) is 0.826. The Labute approximate surface area is 84.3 Å². The highest BCUT2D eigenvalue weighted by molar-refractivity contribution is 5.57. The predicted octanol–water partition coefficient (Wildman–Crippen LogP) is 1.70. The van der Waals surface area contributed by atoms with Crippen LogP contribution >= 0.6 is 0 Å². The number of para-hydroxylation sites is 1. The largest absolute Gasteiger partial charge is 0.494 e. The van der Waals surface area contributed by atoms with Gasteiger partial charge in [0.1, 0.15) is 5.75 Å². The van der Waals surface area contributed by atoms with Gasteiger partial charge in [0, 0.05) is 11.6 Å². The van der Waals surface area contributed by atoms with E-state index in [0.717, 1.165) is 18.0 Å². The molecule has 1 heterocycles. The number of anilines is 1. The summed E-state index contributed by atoms with van der Waals surface area (Å²) in [4.78, 5) is 0. The van der Waals surface area contributed by atoms with E-state index in [4.69, 9.17) is 10.5 Å². The highest BCUT2D eigenvalue weighted by Gasteiger charge is 2.20. The van der Waals surface area contributed by atoms with E-state index in [2.05, 4.69) is 11.4 Å². The van der Waals surface area contributed by atoms with Crippen LogP contribution in [0.1, 0.15) is 24.4 Å². The van der Waals surface area contributed by atoms with Gasteiger partial charge in [0.05, 0.1) is 12.8 Å². The summed E-state index contributed by atoms with van der Waals surface area (Å²) in [5, 5.41) is 3.44. The van der Waals surface area contributed by atoms with Crippen LogP contribution in [0.15, 0.2) is 18.2 Å². The molecular formula is C11H16N2O. The van der Waals surface area contributed by atoms with Gasteiger partial charge in [0.25, 0.3) is 0 Å². The van der Waals surface area contributed by atoms with E-state index in [1.54, 1.807) is 7.11 Å². The predicted molar refractivity (Wildman–Crippen MR) is 57.4 cm³/mol. The zero-order chi connectivity index (χ0) is 9.97. The summed E-state index contributed by atoms with van der Waals surface area (Å²) in [6, 6.07) is 6.34. The molecule has 0 amide bonds. The van der Waals surface area contributed by atoms with E-state index in [0.29, 0.717) is 6.04 Å². The lowest BCUT2D eigenvalue weighted by Gasteiger charge is -2.16. The Hall–Kier alpha value is -1.22. The van der Waals surface area contributed by atoms with Gasteiger partial charge in [-0.2, -0.15) is 0 Å². The lowest BCUT2D eigenvalue weighted by atomic mass is 10.0. The Bertz CT molecular complexity index is 319. The van der Waals surface area contributed by atoms with E-state index >= 15 is 0 Å². The van der Waals surface area contributed by atoms with Crippen LogP contribution in [-0.4, -0.2) is 13.7 Å². The summed E-state index contributed by atoms with van der Waals surface area (Å²) in [5.41, 5.74) is 7.75. The summed E-state index contributed by atoms with van der Waals surface area (Å²) < 4.78 is 5.32. The minimum atomic E-state index is 0.411. The van der Waals surface area contributed by atoms with Crippen LogP contribution in [0, 0.1) is 0 Å². The van der Waals surface area contributed by atoms with Crippen LogP contribution in [0.2, 0.25) is 0 Å². The Balaban J connectivity index is 2.35. The van der Waals surface area contributed by atoms with E-state index in [-0.39, 0.29) is 0 Å². The molecule has 2 rings (SSSR count). The molecule has 1 aliphatic rings. The first-order valence-electron chi connectivity index (χ1n) is 4.98. The molecular weight excluding hydrogens is 176 g/mol. The second kappa shape index (κ2) is 3.88. The van der Waals surface area contributed by atoms with Crippen molar-refractivity contribution in [2.45, 2.75) is 18.9 Å². The summed E-state index contributed by atoms with van der Waals surface area (Å²) in [6.07, 6.45) is 2.39. The molecule has 0 aromatic heterocycles. The number of ether oxygens (including phenoxy) is 1. The van der Waals surface area contributed by atoms with Gasteiger partial charge < -0.3 is 15.8 Å². The van der Waals surface area contributed by atoms with Crippen molar-refractivity contribution in [3.63, 3.8) is 0 Å². The maximum atomic E-state index is 5.85. The lowest BCUT2D eigenvalue weighted by Crippen LogP contribution is -2.14. The van der Waals surface area contributed by atoms with Crippen LogP contribution in [0.4, 0.5) is 5.69 Å². The molecule has 76 valence electrons. The van der Waals surface area contributed by atoms with Crippen molar-refractivity contribution in [3.05, 3.63) is 23.8 Å². The number of benzene rings is 1. The number of hydrogen-bond acceptors (Lipinski definition) is 3. The highest BCUT2D eigenvalue weighted by atomic mass is 16.5. The molecule has 1 saturated heterocycles. The minimum absolute atomic E-state index is 0.411. The average molecular weight is 192 g/mol. The Morgan fingerprint density at radius 2 is 2.36 bits per heavy atom. The fourth-order valence-corrected chi connectivity index (χ4v) is 2.03. The quantitative estimate of drug-likeness (QED) is 0.701. The van der Waals surface area contributed by atoms with Gasteiger partial charge in [-0.25, -0.2) is 0 Å². The van der Waals surface area contributed by atoms with Gasteiger partial charge >= 0.3 is 0 Å². The van der Waals surface area contributed by atoms with Crippen LogP contribution in [0.3, 0.4) is 0 Å².